The van der Waals surface area contributed by atoms with Gasteiger partial charge in [-0.25, -0.2) is 4.68 Å². The smallest absolute Gasteiger partial charge is 0.168 e. The van der Waals surface area contributed by atoms with Crippen molar-refractivity contribution in [2.75, 3.05) is 32.7 Å². The van der Waals surface area contributed by atoms with Gasteiger partial charge in [0, 0.05) is 26.2 Å². The van der Waals surface area contributed by atoms with Crippen LogP contribution in [-0.4, -0.2) is 62.7 Å². The minimum Gasteiger partial charge on any atom is -0.301 e. The Labute approximate surface area is 122 Å². The summed E-state index contributed by atoms with van der Waals surface area (Å²) in [6.07, 6.45) is 0. The first-order valence-electron chi connectivity index (χ1n) is 7.78. The third kappa shape index (κ3) is 3.17. The summed E-state index contributed by atoms with van der Waals surface area (Å²) in [5.74, 6) is 1.52. The second kappa shape index (κ2) is 6.63. The molecular formula is C14H28N6. The van der Waals surface area contributed by atoms with Crippen molar-refractivity contribution in [2.45, 2.75) is 46.7 Å². The summed E-state index contributed by atoms with van der Waals surface area (Å²) in [6, 6.07) is 0.615. The van der Waals surface area contributed by atoms with E-state index in [9.17, 15) is 0 Å². The van der Waals surface area contributed by atoms with Crippen LogP contribution in [0.1, 0.15) is 52.5 Å². The Kier molecular flexibility index (Phi) is 5.10. The van der Waals surface area contributed by atoms with Crippen LogP contribution in [0.5, 0.6) is 0 Å². The van der Waals surface area contributed by atoms with Gasteiger partial charge in [0.2, 0.25) is 0 Å². The Bertz CT molecular complexity index is 406. The second-order valence-electron chi connectivity index (χ2n) is 6.23. The van der Waals surface area contributed by atoms with Crippen LogP contribution in [0.3, 0.4) is 0 Å². The average Bonchev–Trinajstić information content (AvgIpc) is 2.88. The number of hydrogen-bond donors (Lipinski definition) is 0. The van der Waals surface area contributed by atoms with E-state index in [4.69, 9.17) is 0 Å². The van der Waals surface area contributed by atoms with Gasteiger partial charge in [-0.15, -0.1) is 5.10 Å². The highest BCUT2D eigenvalue weighted by Crippen LogP contribution is 2.28. The molecular weight excluding hydrogens is 252 g/mol. The number of aromatic nitrogens is 4. The Morgan fingerprint density at radius 2 is 1.70 bits per heavy atom. The van der Waals surface area contributed by atoms with E-state index < -0.39 is 0 Å². The zero-order chi connectivity index (χ0) is 14.7. The van der Waals surface area contributed by atoms with Gasteiger partial charge in [-0.1, -0.05) is 20.8 Å². The van der Waals surface area contributed by atoms with E-state index in [1.54, 1.807) is 0 Å². The molecule has 0 radical (unpaired) electrons. The third-order valence-electron chi connectivity index (χ3n) is 4.15. The summed E-state index contributed by atoms with van der Waals surface area (Å²) in [5.41, 5.74) is 0. The maximum absolute atomic E-state index is 4.32. The van der Waals surface area contributed by atoms with E-state index >= 15 is 0 Å². The van der Waals surface area contributed by atoms with Crippen molar-refractivity contribution in [1.82, 2.24) is 30.0 Å². The minimum atomic E-state index is 0.304. The standard InChI is InChI=1S/C14H28N6/c1-6-18-7-9-19(10-8-18)13(11(2)3)14-15-16-17-20(14)12(4)5/h11-13H,6-10H2,1-5H3. The van der Waals surface area contributed by atoms with Gasteiger partial charge >= 0.3 is 0 Å². The maximum Gasteiger partial charge on any atom is 0.168 e. The molecule has 0 saturated carbocycles. The molecule has 0 aliphatic carbocycles. The molecule has 6 nitrogen and oxygen atoms in total. The number of likely N-dealkylation sites (N-methyl/N-ethyl adjacent to an activating group) is 1. The summed E-state index contributed by atoms with van der Waals surface area (Å²) in [6.45, 7) is 16.6. The van der Waals surface area contributed by atoms with Crippen molar-refractivity contribution >= 4 is 0 Å². The van der Waals surface area contributed by atoms with E-state index in [1.165, 1.54) is 0 Å². The molecule has 0 amide bonds. The number of rotatable bonds is 5. The van der Waals surface area contributed by atoms with Crippen molar-refractivity contribution < 1.29 is 0 Å². The molecule has 1 atom stereocenters. The number of nitrogens with zero attached hydrogens (tertiary/aromatic N) is 6. The molecule has 1 saturated heterocycles. The van der Waals surface area contributed by atoms with Gasteiger partial charge in [0.25, 0.3) is 0 Å². The van der Waals surface area contributed by atoms with Gasteiger partial charge in [0.05, 0.1) is 12.1 Å². The van der Waals surface area contributed by atoms with Crippen molar-refractivity contribution in [1.29, 1.82) is 0 Å². The van der Waals surface area contributed by atoms with Gasteiger partial charge in [-0.3, -0.25) is 4.90 Å². The zero-order valence-electron chi connectivity index (χ0n) is 13.5. The van der Waals surface area contributed by atoms with Crippen molar-refractivity contribution in [3.8, 4) is 0 Å². The summed E-state index contributed by atoms with van der Waals surface area (Å²) < 4.78 is 1.97. The normalized spacial score (nSPS) is 19.9. The van der Waals surface area contributed by atoms with Crippen LogP contribution in [-0.2, 0) is 0 Å². The Morgan fingerprint density at radius 3 is 2.20 bits per heavy atom. The third-order valence-corrected chi connectivity index (χ3v) is 4.15. The molecule has 1 fully saturated rings. The average molecular weight is 280 g/mol. The highest BCUT2D eigenvalue weighted by atomic mass is 15.6. The van der Waals surface area contributed by atoms with Gasteiger partial charge in [-0.2, -0.15) is 0 Å². The van der Waals surface area contributed by atoms with Crippen molar-refractivity contribution in [3.63, 3.8) is 0 Å². The Hall–Kier alpha value is -1.01. The predicted octanol–water partition coefficient (Wildman–Crippen LogP) is 1.59. The van der Waals surface area contributed by atoms with Gasteiger partial charge < -0.3 is 4.90 Å². The van der Waals surface area contributed by atoms with Crippen LogP contribution in [0.25, 0.3) is 0 Å². The van der Waals surface area contributed by atoms with E-state index in [0.29, 0.717) is 18.0 Å². The lowest BCUT2D eigenvalue weighted by Gasteiger charge is -2.40. The van der Waals surface area contributed by atoms with Gasteiger partial charge in [0.1, 0.15) is 0 Å². The van der Waals surface area contributed by atoms with Crippen molar-refractivity contribution in [3.05, 3.63) is 5.82 Å². The summed E-state index contributed by atoms with van der Waals surface area (Å²) in [4.78, 5) is 5.04. The highest BCUT2D eigenvalue weighted by Gasteiger charge is 2.31. The molecule has 2 rings (SSSR count). The molecule has 0 aromatic carbocycles. The molecule has 0 spiro atoms. The molecule has 1 unspecified atom stereocenters. The largest absolute Gasteiger partial charge is 0.301 e. The lowest BCUT2D eigenvalue weighted by Crippen LogP contribution is -2.49. The first-order chi connectivity index (χ1) is 9.54. The molecule has 1 aromatic heterocycles. The summed E-state index contributed by atoms with van der Waals surface area (Å²) in [5, 5.41) is 12.4. The molecule has 0 N–H and O–H groups in total. The van der Waals surface area contributed by atoms with E-state index in [1.807, 2.05) is 4.68 Å². The molecule has 1 aliphatic rings. The zero-order valence-corrected chi connectivity index (χ0v) is 13.5. The number of tetrazole rings is 1. The van der Waals surface area contributed by atoms with Crippen LogP contribution < -0.4 is 0 Å². The maximum atomic E-state index is 4.32. The van der Waals surface area contributed by atoms with Crippen LogP contribution in [0.2, 0.25) is 0 Å². The first-order valence-corrected chi connectivity index (χ1v) is 7.78. The molecule has 6 heteroatoms. The first kappa shape index (κ1) is 15.4. The van der Waals surface area contributed by atoms with Crippen LogP contribution in [0.15, 0.2) is 0 Å². The minimum absolute atomic E-state index is 0.304. The SMILES string of the molecule is CCN1CCN(C(c2nnnn2C(C)C)C(C)C)CC1. The molecule has 2 heterocycles. The lowest BCUT2D eigenvalue weighted by molar-refractivity contribution is 0.0714. The van der Waals surface area contributed by atoms with E-state index in [0.717, 1.165) is 38.5 Å². The van der Waals surface area contributed by atoms with Crippen molar-refractivity contribution in [2.24, 2.45) is 5.92 Å². The molecule has 0 bridgehead atoms. The second-order valence-corrected chi connectivity index (χ2v) is 6.23. The quantitative estimate of drug-likeness (QED) is 0.820. The number of hydrogen-bond acceptors (Lipinski definition) is 5. The fraction of sp³-hybridized carbons (Fsp3) is 0.929. The van der Waals surface area contributed by atoms with Gasteiger partial charge in [0.15, 0.2) is 5.82 Å². The van der Waals surface area contributed by atoms with E-state index in [-0.39, 0.29) is 0 Å². The summed E-state index contributed by atoms with van der Waals surface area (Å²) >= 11 is 0. The molecule has 1 aliphatic heterocycles. The van der Waals surface area contributed by atoms with Crippen LogP contribution in [0.4, 0.5) is 0 Å². The monoisotopic (exact) mass is 280 g/mol. The molecule has 114 valence electrons. The fourth-order valence-electron chi connectivity index (χ4n) is 3.00. The fourth-order valence-corrected chi connectivity index (χ4v) is 3.00. The molecule has 20 heavy (non-hydrogen) atoms. The van der Waals surface area contributed by atoms with Gasteiger partial charge in [-0.05, 0) is 36.7 Å². The lowest BCUT2D eigenvalue weighted by atomic mass is 10.0. The topological polar surface area (TPSA) is 50.1 Å². The van der Waals surface area contributed by atoms with E-state index in [2.05, 4.69) is 59.9 Å². The summed E-state index contributed by atoms with van der Waals surface area (Å²) in [7, 11) is 0. The van der Waals surface area contributed by atoms with Crippen LogP contribution >= 0.6 is 0 Å². The Balaban J connectivity index is 2.17. The number of piperazine rings is 1. The highest BCUT2D eigenvalue weighted by molar-refractivity contribution is 4.97. The van der Waals surface area contributed by atoms with Crippen LogP contribution in [0, 0.1) is 5.92 Å². The molecule has 1 aromatic rings. The predicted molar refractivity (Wildman–Crippen MR) is 79.5 cm³/mol. The Morgan fingerprint density at radius 1 is 1.05 bits per heavy atom.